The van der Waals surface area contributed by atoms with E-state index in [0.29, 0.717) is 17.9 Å². The summed E-state index contributed by atoms with van der Waals surface area (Å²) in [5.74, 6) is 0.513. The number of hydrogen-bond acceptors (Lipinski definition) is 3. The number of hydrogen-bond donors (Lipinski definition) is 0. The molecule has 25 heavy (non-hydrogen) atoms. The second-order valence-electron chi connectivity index (χ2n) is 5.68. The number of pyridine rings is 1. The maximum atomic E-state index is 12.4. The van der Waals surface area contributed by atoms with Crippen LogP contribution >= 0.6 is 0 Å². The summed E-state index contributed by atoms with van der Waals surface area (Å²) in [5.41, 5.74) is 3.18. The molecule has 0 aliphatic carbocycles. The summed E-state index contributed by atoms with van der Waals surface area (Å²) in [4.78, 5) is 12.4. The first-order chi connectivity index (χ1) is 12.1. The fourth-order valence-corrected chi connectivity index (χ4v) is 2.54. The summed E-state index contributed by atoms with van der Waals surface area (Å²) in [7, 11) is 0. The van der Waals surface area contributed by atoms with Crippen molar-refractivity contribution in [3.8, 4) is 11.8 Å². The van der Waals surface area contributed by atoms with Gasteiger partial charge in [0.1, 0.15) is 12.4 Å². The smallest absolute Gasteiger partial charge is 0.254 e. The third kappa shape index (κ3) is 4.71. The highest BCUT2D eigenvalue weighted by atomic mass is 16.5. The molecule has 0 spiro atoms. The number of aryl methyl sites for hydroxylation is 1. The highest BCUT2D eigenvalue weighted by Gasteiger charge is 2.07. The van der Waals surface area contributed by atoms with E-state index in [1.54, 1.807) is 10.6 Å². The van der Waals surface area contributed by atoms with Gasteiger partial charge in [0, 0.05) is 17.3 Å². The fourth-order valence-electron chi connectivity index (χ4n) is 2.54. The quantitative estimate of drug-likeness (QED) is 0.746. The van der Waals surface area contributed by atoms with E-state index in [1.807, 2.05) is 63.3 Å². The molecule has 1 heterocycles. The molecule has 4 heteroatoms. The van der Waals surface area contributed by atoms with Crippen molar-refractivity contribution in [2.45, 2.75) is 33.9 Å². The lowest BCUT2D eigenvalue weighted by atomic mass is 10.1. The second kappa shape index (κ2) is 8.70. The Morgan fingerprint density at radius 3 is 2.68 bits per heavy atom. The van der Waals surface area contributed by atoms with E-state index >= 15 is 0 Å². The number of ether oxygens (including phenoxy) is 1. The molecule has 0 N–H and O–H groups in total. The Morgan fingerprint density at radius 1 is 1.28 bits per heavy atom. The SMILES string of the molecule is C/C=C\C(=C/C)Cn1c(C)cc(OCc2ccccc2C#N)cc1=O. The van der Waals surface area contributed by atoms with E-state index < -0.39 is 0 Å². The summed E-state index contributed by atoms with van der Waals surface area (Å²) in [6.07, 6.45) is 5.95. The lowest BCUT2D eigenvalue weighted by Crippen LogP contribution is -2.22. The van der Waals surface area contributed by atoms with Gasteiger partial charge in [0.2, 0.25) is 0 Å². The zero-order valence-corrected chi connectivity index (χ0v) is 14.8. The molecular formula is C21H22N2O2. The van der Waals surface area contributed by atoms with Crippen LogP contribution in [0.4, 0.5) is 0 Å². The van der Waals surface area contributed by atoms with Crippen LogP contribution in [0.25, 0.3) is 0 Å². The minimum absolute atomic E-state index is 0.104. The van der Waals surface area contributed by atoms with Gasteiger partial charge in [0.15, 0.2) is 0 Å². The van der Waals surface area contributed by atoms with Gasteiger partial charge in [-0.05, 0) is 38.5 Å². The van der Waals surface area contributed by atoms with Crippen LogP contribution in [0.5, 0.6) is 5.75 Å². The third-order valence-electron chi connectivity index (χ3n) is 3.93. The maximum Gasteiger partial charge on any atom is 0.254 e. The van der Waals surface area contributed by atoms with Crippen LogP contribution in [-0.4, -0.2) is 4.57 Å². The molecule has 0 saturated heterocycles. The van der Waals surface area contributed by atoms with Gasteiger partial charge in [-0.1, -0.05) is 36.4 Å². The standard InChI is InChI=1S/C21H22N2O2/c1-4-8-17(5-2)14-23-16(3)11-20(12-21(23)24)25-15-19-10-7-6-9-18(19)13-22/h4-12H,14-15H2,1-3H3/b8-4-,17-5+. The van der Waals surface area contributed by atoms with Crippen LogP contribution in [0.3, 0.4) is 0 Å². The van der Waals surface area contributed by atoms with Crippen molar-refractivity contribution in [1.82, 2.24) is 4.57 Å². The molecule has 0 atom stereocenters. The lowest BCUT2D eigenvalue weighted by Gasteiger charge is -2.13. The Labute approximate surface area is 148 Å². The molecule has 0 aliphatic rings. The predicted molar refractivity (Wildman–Crippen MR) is 99.5 cm³/mol. The predicted octanol–water partition coefficient (Wildman–Crippen LogP) is 4.13. The van der Waals surface area contributed by atoms with Crippen molar-refractivity contribution < 1.29 is 4.74 Å². The van der Waals surface area contributed by atoms with E-state index in [2.05, 4.69) is 6.07 Å². The Kier molecular flexibility index (Phi) is 6.36. The molecule has 0 aliphatic heterocycles. The van der Waals surface area contributed by atoms with Crippen molar-refractivity contribution in [2.24, 2.45) is 0 Å². The Balaban J connectivity index is 2.20. The van der Waals surface area contributed by atoms with Gasteiger partial charge in [-0.2, -0.15) is 5.26 Å². The average molecular weight is 334 g/mol. The van der Waals surface area contributed by atoms with Crippen LogP contribution < -0.4 is 10.3 Å². The summed E-state index contributed by atoms with van der Waals surface area (Å²) >= 11 is 0. The topological polar surface area (TPSA) is 55.0 Å². The molecule has 0 radical (unpaired) electrons. The van der Waals surface area contributed by atoms with Gasteiger partial charge in [0.25, 0.3) is 5.56 Å². The monoisotopic (exact) mass is 334 g/mol. The van der Waals surface area contributed by atoms with E-state index in [4.69, 9.17) is 10.00 Å². The number of benzene rings is 1. The Morgan fingerprint density at radius 2 is 2.04 bits per heavy atom. The summed E-state index contributed by atoms with van der Waals surface area (Å²) in [6, 6.07) is 12.8. The van der Waals surface area contributed by atoms with E-state index in [1.165, 1.54) is 6.07 Å². The minimum atomic E-state index is -0.104. The zero-order chi connectivity index (χ0) is 18.2. The Hall–Kier alpha value is -3.06. The van der Waals surface area contributed by atoms with Crippen molar-refractivity contribution in [3.63, 3.8) is 0 Å². The molecule has 1 aromatic heterocycles. The molecule has 2 aromatic rings. The molecule has 1 aromatic carbocycles. The van der Waals surface area contributed by atoms with Crippen LogP contribution in [0.2, 0.25) is 0 Å². The van der Waals surface area contributed by atoms with Gasteiger partial charge in [-0.15, -0.1) is 0 Å². The molecule has 2 rings (SSSR count). The summed E-state index contributed by atoms with van der Waals surface area (Å²) in [6.45, 7) is 6.59. The van der Waals surface area contributed by atoms with Crippen LogP contribution in [0.15, 0.2) is 65.0 Å². The van der Waals surface area contributed by atoms with E-state index in [9.17, 15) is 4.79 Å². The van der Waals surface area contributed by atoms with Gasteiger partial charge < -0.3 is 9.30 Å². The largest absolute Gasteiger partial charge is 0.489 e. The molecule has 128 valence electrons. The molecule has 0 bridgehead atoms. The van der Waals surface area contributed by atoms with Crippen molar-refractivity contribution in [3.05, 3.63) is 87.4 Å². The molecule has 0 amide bonds. The number of aromatic nitrogens is 1. The van der Waals surface area contributed by atoms with Gasteiger partial charge >= 0.3 is 0 Å². The zero-order valence-electron chi connectivity index (χ0n) is 14.8. The van der Waals surface area contributed by atoms with Gasteiger partial charge in [0.05, 0.1) is 18.2 Å². The van der Waals surface area contributed by atoms with E-state index in [0.717, 1.165) is 16.8 Å². The fraction of sp³-hybridized carbons (Fsp3) is 0.238. The van der Waals surface area contributed by atoms with E-state index in [-0.39, 0.29) is 12.2 Å². The maximum absolute atomic E-state index is 12.4. The normalized spacial score (nSPS) is 11.5. The van der Waals surface area contributed by atoms with Gasteiger partial charge in [-0.25, -0.2) is 0 Å². The molecule has 4 nitrogen and oxygen atoms in total. The first-order valence-corrected chi connectivity index (χ1v) is 8.19. The van der Waals surface area contributed by atoms with Crippen LogP contribution in [-0.2, 0) is 13.2 Å². The summed E-state index contributed by atoms with van der Waals surface area (Å²) < 4.78 is 7.45. The van der Waals surface area contributed by atoms with Crippen molar-refractivity contribution in [2.75, 3.05) is 0 Å². The van der Waals surface area contributed by atoms with Crippen molar-refractivity contribution in [1.29, 1.82) is 5.26 Å². The number of rotatable bonds is 6. The number of allylic oxidation sites excluding steroid dienone is 4. The molecule has 0 saturated carbocycles. The summed E-state index contributed by atoms with van der Waals surface area (Å²) in [5, 5.41) is 9.12. The number of nitriles is 1. The minimum Gasteiger partial charge on any atom is -0.489 e. The van der Waals surface area contributed by atoms with Crippen molar-refractivity contribution >= 4 is 0 Å². The van der Waals surface area contributed by atoms with Gasteiger partial charge in [-0.3, -0.25) is 4.79 Å². The lowest BCUT2D eigenvalue weighted by molar-refractivity contribution is 0.304. The number of nitrogens with zero attached hydrogens (tertiary/aromatic N) is 2. The molecule has 0 unspecified atom stereocenters. The average Bonchev–Trinajstić information content (AvgIpc) is 2.62. The highest BCUT2D eigenvalue weighted by Crippen LogP contribution is 2.15. The third-order valence-corrected chi connectivity index (χ3v) is 3.93. The Bertz CT molecular complexity index is 899. The first-order valence-electron chi connectivity index (χ1n) is 8.19. The van der Waals surface area contributed by atoms with Crippen LogP contribution in [0.1, 0.15) is 30.7 Å². The first kappa shape index (κ1) is 18.3. The van der Waals surface area contributed by atoms with Crippen LogP contribution in [0, 0.1) is 18.3 Å². The molecule has 0 fully saturated rings. The second-order valence-corrected chi connectivity index (χ2v) is 5.68. The highest BCUT2D eigenvalue weighted by molar-refractivity contribution is 5.37. The molecular weight excluding hydrogens is 312 g/mol.